The van der Waals surface area contributed by atoms with Crippen molar-refractivity contribution in [2.24, 2.45) is 5.92 Å². The molecule has 1 aromatic carbocycles. The summed E-state index contributed by atoms with van der Waals surface area (Å²) in [4.78, 5) is 11.0. The van der Waals surface area contributed by atoms with Crippen LogP contribution >= 0.6 is 0 Å². The van der Waals surface area contributed by atoms with Crippen LogP contribution in [0.25, 0.3) is 0 Å². The molecule has 1 atom stereocenters. The maximum atomic E-state index is 11.0. The molecule has 114 valence electrons. The SMILES string of the molecule is CC(NC1CCC(C(=O)O)CC1)c1cccc(C2CC2)c1. The lowest BCUT2D eigenvalue weighted by Crippen LogP contribution is -2.36. The fraction of sp³-hybridized carbons (Fsp3) is 0.611. The molecule has 0 aliphatic heterocycles. The summed E-state index contributed by atoms with van der Waals surface area (Å²) in [5.74, 6) is 0.0401. The summed E-state index contributed by atoms with van der Waals surface area (Å²) in [5, 5.41) is 12.7. The highest BCUT2D eigenvalue weighted by molar-refractivity contribution is 5.70. The van der Waals surface area contributed by atoms with Gasteiger partial charge in [-0.1, -0.05) is 24.3 Å². The molecule has 1 aromatic rings. The summed E-state index contributed by atoms with van der Waals surface area (Å²) in [6.07, 6.45) is 6.24. The molecule has 0 radical (unpaired) electrons. The van der Waals surface area contributed by atoms with E-state index in [0.717, 1.165) is 31.6 Å². The lowest BCUT2D eigenvalue weighted by molar-refractivity contribution is -0.142. The zero-order valence-corrected chi connectivity index (χ0v) is 12.7. The minimum atomic E-state index is -0.626. The highest BCUT2D eigenvalue weighted by Gasteiger charge is 2.27. The first kappa shape index (κ1) is 14.6. The first-order valence-corrected chi connectivity index (χ1v) is 8.22. The van der Waals surface area contributed by atoms with Crippen LogP contribution in [0.4, 0.5) is 0 Å². The van der Waals surface area contributed by atoms with Crippen molar-refractivity contribution in [3.8, 4) is 0 Å². The minimum Gasteiger partial charge on any atom is -0.481 e. The third-order valence-electron chi connectivity index (χ3n) is 5.02. The molecule has 21 heavy (non-hydrogen) atoms. The first-order chi connectivity index (χ1) is 10.1. The fourth-order valence-corrected chi connectivity index (χ4v) is 3.46. The van der Waals surface area contributed by atoms with E-state index >= 15 is 0 Å². The summed E-state index contributed by atoms with van der Waals surface area (Å²) in [7, 11) is 0. The summed E-state index contributed by atoms with van der Waals surface area (Å²) in [6.45, 7) is 2.22. The van der Waals surface area contributed by atoms with Gasteiger partial charge in [0.05, 0.1) is 5.92 Å². The van der Waals surface area contributed by atoms with Gasteiger partial charge in [-0.05, 0) is 62.5 Å². The van der Waals surface area contributed by atoms with Crippen LogP contribution in [-0.4, -0.2) is 17.1 Å². The number of carboxylic acid groups (broad SMARTS) is 1. The minimum absolute atomic E-state index is 0.128. The fourth-order valence-electron chi connectivity index (χ4n) is 3.46. The Morgan fingerprint density at radius 1 is 1.19 bits per heavy atom. The van der Waals surface area contributed by atoms with Crippen molar-refractivity contribution in [2.45, 2.75) is 63.5 Å². The lowest BCUT2D eigenvalue weighted by atomic mass is 9.85. The maximum Gasteiger partial charge on any atom is 0.306 e. The van der Waals surface area contributed by atoms with Gasteiger partial charge in [0.25, 0.3) is 0 Å². The van der Waals surface area contributed by atoms with Gasteiger partial charge in [0, 0.05) is 12.1 Å². The third kappa shape index (κ3) is 3.65. The van der Waals surface area contributed by atoms with E-state index in [1.165, 1.54) is 24.0 Å². The Balaban J connectivity index is 1.55. The molecule has 3 rings (SSSR count). The zero-order valence-electron chi connectivity index (χ0n) is 12.7. The molecule has 2 aliphatic carbocycles. The van der Waals surface area contributed by atoms with Gasteiger partial charge < -0.3 is 10.4 Å². The van der Waals surface area contributed by atoms with Crippen LogP contribution in [0.5, 0.6) is 0 Å². The molecule has 0 aromatic heterocycles. The lowest BCUT2D eigenvalue weighted by Gasteiger charge is -2.29. The molecule has 0 spiro atoms. The summed E-state index contributed by atoms with van der Waals surface area (Å²) in [5.41, 5.74) is 2.84. The van der Waals surface area contributed by atoms with Gasteiger partial charge in [-0.25, -0.2) is 0 Å². The van der Waals surface area contributed by atoms with Gasteiger partial charge in [-0.2, -0.15) is 0 Å². The predicted octanol–water partition coefficient (Wildman–Crippen LogP) is 3.86. The molecule has 0 bridgehead atoms. The molecule has 2 fully saturated rings. The summed E-state index contributed by atoms with van der Waals surface area (Å²) < 4.78 is 0. The van der Waals surface area contributed by atoms with Crippen molar-refractivity contribution in [1.29, 1.82) is 0 Å². The van der Waals surface area contributed by atoms with Gasteiger partial charge in [0.15, 0.2) is 0 Å². The predicted molar refractivity (Wildman–Crippen MR) is 83.3 cm³/mol. The van der Waals surface area contributed by atoms with Crippen LogP contribution in [0.2, 0.25) is 0 Å². The van der Waals surface area contributed by atoms with Crippen molar-refractivity contribution in [3.05, 3.63) is 35.4 Å². The zero-order chi connectivity index (χ0) is 14.8. The number of carbonyl (C=O) groups is 1. The van der Waals surface area contributed by atoms with E-state index in [2.05, 4.69) is 36.5 Å². The van der Waals surface area contributed by atoms with E-state index in [4.69, 9.17) is 5.11 Å². The Morgan fingerprint density at radius 2 is 1.90 bits per heavy atom. The number of rotatable bonds is 5. The van der Waals surface area contributed by atoms with Crippen LogP contribution in [0, 0.1) is 5.92 Å². The molecule has 2 saturated carbocycles. The van der Waals surface area contributed by atoms with Crippen LogP contribution in [0.15, 0.2) is 24.3 Å². The quantitative estimate of drug-likeness (QED) is 0.864. The van der Waals surface area contributed by atoms with Gasteiger partial charge >= 0.3 is 5.97 Å². The van der Waals surface area contributed by atoms with Gasteiger partial charge in [0.1, 0.15) is 0 Å². The van der Waals surface area contributed by atoms with Crippen molar-refractivity contribution >= 4 is 5.97 Å². The van der Waals surface area contributed by atoms with Gasteiger partial charge in [-0.3, -0.25) is 4.79 Å². The smallest absolute Gasteiger partial charge is 0.306 e. The molecule has 3 nitrogen and oxygen atoms in total. The van der Waals surface area contributed by atoms with E-state index in [1.807, 2.05) is 0 Å². The molecule has 3 heteroatoms. The Hall–Kier alpha value is -1.35. The molecular weight excluding hydrogens is 262 g/mol. The molecule has 0 heterocycles. The number of hydrogen-bond donors (Lipinski definition) is 2. The van der Waals surface area contributed by atoms with Crippen LogP contribution in [0.1, 0.15) is 68.5 Å². The molecule has 2 N–H and O–H groups in total. The van der Waals surface area contributed by atoms with Crippen LogP contribution < -0.4 is 5.32 Å². The Bertz CT molecular complexity index is 502. The van der Waals surface area contributed by atoms with E-state index in [-0.39, 0.29) is 5.92 Å². The van der Waals surface area contributed by atoms with E-state index in [9.17, 15) is 4.79 Å². The standard InChI is InChI=1S/C18H25NO2/c1-12(15-3-2-4-16(11-15)13-5-6-13)19-17-9-7-14(8-10-17)18(20)21/h2-4,11-14,17,19H,5-10H2,1H3,(H,20,21). The highest BCUT2D eigenvalue weighted by Crippen LogP contribution is 2.40. The third-order valence-corrected chi connectivity index (χ3v) is 5.02. The second kappa shape index (κ2) is 6.18. The topological polar surface area (TPSA) is 49.3 Å². The number of benzene rings is 1. The average molecular weight is 287 g/mol. The molecule has 2 aliphatic rings. The van der Waals surface area contributed by atoms with E-state index in [0.29, 0.717) is 12.1 Å². The molecule has 0 amide bonds. The van der Waals surface area contributed by atoms with Crippen molar-refractivity contribution in [2.75, 3.05) is 0 Å². The van der Waals surface area contributed by atoms with Crippen LogP contribution in [0.3, 0.4) is 0 Å². The first-order valence-electron chi connectivity index (χ1n) is 8.22. The molecule has 0 saturated heterocycles. The largest absolute Gasteiger partial charge is 0.481 e. The van der Waals surface area contributed by atoms with E-state index < -0.39 is 5.97 Å². The Labute approximate surface area is 126 Å². The normalized spacial score (nSPS) is 27.3. The number of hydrogen-bond acceptors (Lipinski definition) is 2. The highest BCUT2D eigenvalue weighted by atomic mass is 16.4. The summed E-state index contributed by atoms with van der Waals surface area (Å²) >= 11 is 0. The Kier molecular flexibility index (Phi) is 4.29. The van der Waals surface area contributed by atoms with Crippen molar-refractivity contribution in [1.82, 2.24) is 5.32 Å². The molecule has 1 unspecified atom stereocenters. The van der Waals surface area contributed by atoms with Crippen LogP contribution in [-0.2, 0) is 4.79 Å². The second-order valence-corrected chi connectivity index (χ2v) is 6.72. The number of aliphatic carboxylic acids is 1. The van der Waals surface area contributed by atoms with Crippen molar-refractivity contribution in [3.63, 3.8) is 0 Å². The summed E-state index contributed by atoms with van der Waals surface area (Å²) in [6, 6.07) is 9.76. The van der Waals surface area contributed by atoms with Gasteiger partial charge in [-0.15, -0.1) is 0 Å². The van der Waals surface area contributed by atoms with Crippen molar-refractivity contribution < 1.29 is 9.90 Å². The molecular formula is C18H25NO2. The monoisotopic (exact) mass is 287 g/mol. The average Bonchev–Trinajstić information content (AvgIpc) is 3.32. The number of carboxylic acids is 1. The maximum absolute atomic E-state index is 11.0. The van der Waals surface area contributed by atoms with Gasteiger partial charge in [0.2, 0.25) is 0 Å². The Morgan fingerprint density at radius 3 is 2.52 bits per heavy atom. The van der Waals surface area contributed by atoms with E-state index in [1.54, 1.807) is 0 Å². The second-order valence-electron chi connectivity index (χ2n) is 6.72. The number of nitrogens with one attached hydrogen (secondary N) is 1.